The van der Waals surface area contributed by atoms with Gasteiger partial charge in [0.2, 0.25) is 0 Å². The second-order valence-electron chi connectivity index (χ2n) is 8.55. The highest BCUT2D eigenvalue weighted by atomic mass is 19.4. The Morgan fingerprint density at radius 1 is 1.09 bits per heavy atom. The van der Waals surface area contributed by atoms with Crippen LogP contribution in [0.1, 0.15) is 59.2 Å². The molecule has 3 aromatic rings. The minimum atomic E-state index is -4.39. The predicted octanol–water partition coefficient (Wildman–Crippen LogP) is 4.71. The van der Waals surface area contributed by atoms with E-state index in [1.54, 1.807) is 16.8 Å². The molecule has 0 unspecified atom stereocenters. The number of amides is 1. The molecule has 1 amide bonds. The summed E-state index contributed by atoms with van der Waals surface area (Å²) in [5.41, 5.74) is 1.80. The first kappa shape index (κ1) is 22.8. The van der Waals surface area contributed by atoms with Crippen LogP contribution in [0.15, 0.2) is 48.8 Å². The highest BCUT2D eigenvalue weighted by Gasteiger charge is 2.30. The Hall–Kier alpha value is -3.36. The quantitative estimate of drug-likeness (QED) is 0.559. The lowest BCUT2D eigenvalue weighted by atomic mass is 9.84. The van der Waals surface area contributed by atoms with E-state index in [2.05, 4.69) is 10.4 Å². The lowest BCUT2D eigenvalue weighted by Crippen LogP contribution is -2.37. The molecule has 1 saturated carbocycles. The Kier molecular flexibility index (Phi) is 6.40. The number of hydrogen-bond acceptors (Lipinski definition) is 3. The fourth-order valence-corrected chi connectivity index (χ4v) is 4.48. The molecule has 0 spiro atoms. The van der Waals surface area contributed by atoms with Crippen molar-refractivity contribution in [2.45, 2.75) is 50.7 Å². The van der Waals surface area contributed by atoms with E-state index in [-0.39, 0.29) is 24.3 Å². The maximum Gasteiger partial charge on any atom is 0.416 e. The van der Waals surface area contributed by atoms with Crippen LogP contribution in [0.3, 0.4) is 0 Å². The molecule has 2 N–H and O–H groups in total. The maximum absolute atomic E-state index is 13.0. The smallest absolute Gasteiger partial charge is 0.416 e. The first-order valence-electron chi connectivity index (χ1n) is 10.8. The number of nitrogens with zero attached hydrogens (tertiary/aromatic N) is 2. The lowest BCUT2D eigenvalue weighted by Gasteiger charge is -2.28. The number of fused-ring (bicyclic) bond motifs is 1. The Bertz CT molecular complexity index is 1150. The molecule has 1 aliphatic rings. The summed E-state index contributed by atoms with van der Waals surface area (Å²) in [5.74, 6) is -0.913. The van der Waals surface area contributed by atoms with Crippen molar-refractivity contribution in [1.29, 1.82) is 0 Å². The fourth-order valence-electron chi connectivity index (χ4n) is 4.48. The van der Waals surface area contributed by atoms with Crippen LogP contribution >= 0.6 is 0 Å². The van der Waals surface area contributed by atoms with Crippen molar-refractivity contribution in [2.24, 2.45) is 5.92 Å². The summed E-state index contributed by atoms with van der Waals surface area (Å²) in [6.07, 6.45) is 2.30. The number of halogens is 3. The number of alkyl halides is 3. The van der Waals surface area contributed by atoms with Gasteiger partial charge in [-0.2, -0.15) is 18.3 Å². The molecule has 0 atom stereocenters. The summed E-state index contributed by atoms with van der Waals surface area (Å²) in [7, 11) is 0. The number of nitrogens with one attached hydrogen (secondary N) is 1. The van der Waals surface area contributed by atoms with Gasteiger partial charge in [-0.3, -0.25) is 9.59 Å². The highest BCUT2D eigenvalue weighted by molar-refractivity contribution is 6.01. The molecule has 9 heteroatoms. The molecular weight excluding hydrogens is 435 g/mol. The molecular formula is C24H24F3N3O3. The van der Waals surface area contributed by atoms with Crippen LogP contribution in [0.4, 0.5) is 13.2 Å². The average molecular weight is 459 g/mol. The molecule has 33 heavy (non-hydrogen) atoms. The topological polar surface area (TPSA) is 83.7 Å². The number of rotatable bonds is 6. The average Bonchev–Trinajstić information content (AvgIpc) is 3.20. The highest BCUT2D eigenvalue weighted by Crippen LogP contribution is 2.30. The van der Waals surface area contributed by atoms with Crippen molar-refractivity contribution in [1.82, 2.24) is 14.9 Å². The van der Waals surface area contributed by atoms with Gasteiger partial charge in [-0.25, -0.2) is 4.52 Å². The van der Waals surface area contributed by atoms with E-state index in [1.165, 1.54) is 18.3 Å². The van der Waals surface area contributed by atoms with Gasteiger partial charge < -0.3 is 10.4 Å². The summed E-state index contributed by atoms with van der Waals surface area (Å²) in [6, 6.07) is 8.59. The second-order valence-corrected chi connectivity index (χ2v) is 8.55. The number of benzene rings is 1. The Balaban J connectivity index is 1.49. The first-order valence-corrected chi connectivity index (χ1v) is 10.8. The number of carboxylic acids is 1. The second kappa shape index (κ2) is 9.25. The zero-order valence-corrected chi connectivity index (χ0v) is 17.8. The largest absolute Gasteiger partial charge is 0.481 e. The molecule has 0 saturated heterocycles. The number of carbonyl (C=O) groups is 2. The van der Waals surface area contributed by atoms with Gasteiger partial charge in [0.15, 0.2) is 0 Å². The van der Waals surface area contributed by atoms with E-state index in [0.717, 1.165) is 43.4 Å². The number of aromatic nitrogens is 2. The molecule has 0 bridgehead atoms. The minimum Gasteiger partial charge on any atom is -0.481 e. The van der Waals surface area contributed by atoms with Crippen LogP contribution in [0.25, 0.3) is 5.52 Å². The van der Waals surface area contributed by atoms with Gasteiger partial charge in [0, 0.05) is 18.7 Å². The van der Waals surface area contributed by atoms with Crippen LogP contribution in [-0.2, 0) is 17.4 Å². The summed E-state index contributed by atoms with van der Waals surface area (Å²) < 4.78 is 40.1. The zero-order chi connectivity index (χ0) is 23.6. The van der Waals surface area contributed by atoms with Gasteiger partial charge >= 0.3 is 12.1 Å². The van der Waals surface area contributed by atoms with Crippen molar-refractivity contribution < 1.29 is 27.9 Å². The number of pyridine rings is 1. The molecule has 1 aromatic carbocycles. The molecule has 2 heterocycles. The Labute approximate surface area is 188 Å². The van der Waals surface area contributed by atoms with Gasteiger partial charge in [0.1, 0.15) is 0 Å². The Morgan fingerprint density at radius 3 is 2.42 bits per heavy atom. The molecule has 6 nitrogen and oxygen atoms in total. The summed E-state index contributed by atoms with van der Waals surface area (Å²) >= 11 is 0. The molecule has 4 rings (SSSR count). The molecule has 2 aromatic heterocycles. The van der Waals surface area contributed by atoms with E-state index in [4.69, 9.17) is 5.11 Å². The van der Waals surface area contributed by atoms with Gasteiger partial charge in [-0.05, 0) is 67.3 Å². The molecule has 1 fully saturated rings. The zero-order valence-electron chi connectivity index (χ0n) is 17.8. The number of carboxylic acid groups (broad SMARTS) is 1. The standard InChI is InChI=1S/C24H24F3N3O3/c25-24(26,27)18-7-3-15(4-8-18)12-17-2-1-11-30-22(17)20(14-28-30)23(33)29-19-9-5-16(6-10-19)13-21(31)32/h1-4,7-8,11,14,16,19H,5-6,9-10,12-13H2,(H,29,33)(H,31,32)/t16-,19-. The number of aliphatic carboxylic acids is 1. The van der Waals surface area contributed by atoms with Crippen LogP contribution in [0.2, 0.25) is 0 Å². The van der Waals surface area contributed by atoms with E-state index < -0.39 is 17.7 Å². The normalized spacial score (nSPS) is 18.9. The number of carbonyl (C=O) groups excluding carboxylic acids is 1. The van der Waals surface area contributed by atoms with Crippen molar-refractivity contribution in [3.05, 3.63) is 71.0 Å². The minimum absolute atomic E-state index is 0.0282. The van der Waals surface area contributed by atoms with E-state index in [9.17, 15) is 22.8 Å². The van der Waals surface area contributed by atoms with E-state index in [0.29, 0.717) is 23.1 Å². The van der Waals surface area contributed by atoms with Crippen molar-refractivity contribution in [2.75, 3.05) is 0 Å². The van der Waals surface area contributed by atoms with Gasteiger partial charge in [0.25, 0.3) is 5.91 Å². The molecule has 0 radical (unpaired) electrons. The summed E-state index contributed by atoms with van der Waals surface area (Å²) in [4.78, 5) is 23.9. The fraction of sp³-hybridized carbons (Fsp3) is 0.375. The van der Waals surface area contributed by atoms with Crippen LogP contribution < -0.4 is 5.32 Å². The van der Waals surface area contributed by atoms with Crippen LogP contribution in [0.5, 0.6) is 0 Å². The number of hydrogen-bond donors (Lipinski definition) is 2. The third-order valence-electron chi connectivity index (χ3n) is 6.19. The van der Waals surface area contributed by atoms with Gasteiger partial charge in [-0.1, -0.05) is 18.2 Å². The monoisotopic (exact) mass is 459 g/mol. The SMILES string of the molecule is O=C(O)C[C@H]1CC[C@H](NC(=O)c2cnn3cccc(Cc4ccc(C(F)(F)F)cc4)c23)CC1. The molecule has 1 aliphatic carbocycles. The summed E-state index contributed by atoms with van der Waals surface area (Å²) in [6.45, 7) is 0. The first-order chi connectivity index (χ1) is 15.7. The van der Waals surface area contributed by atoms with Crippen LogP contribution in [0, 0.1) is 5.92 Å². The van der Waals surface area contributed by atoms with E-state index in [1.807, 2.05) is 6.07 Å². The third kappa shape index (κ3) is 5.35. The lowest BCUT2D eigenvalue weighted by molar-refractivity contribution is -0.139. The maximum atomic E-state index is 13.0. The third-order valence-corrected chi connectivity index (χ3v) is 6.19. The Morgan fingerprint density at radius 2 is 1.79 bits per heavy atom. The molecule has 174 valence electrons. The summed E-state index contributed by atoms with van der Waals surface area (Å²) in [5, 5.41) is 16.3. The van der Waals surface area contributed by atoms with Crippen LogP contribution in [-0.4, -0.2) is 32.6 Å². The van der Waals surface area contributed by atoms with Crippen molar-refractivity contribution in [3.63, 3.8) is 0 Å². The van der Waals surface area contributed by atoms with Crippen molar-refractivity contribution >= 4 is 17.4 Å². The van der Waals surface area contributed by atoms with E-state index >= 15 is 0 Å². The van der Waals surface area contributed by atoms with Gasteiger partial charge in [-0.15, -0.1) is 0 Å². The van der Waals surface area contributed by atoms with Gasteiger partial charge in [0.05, 0.1) is 22.8 Å². The van der Waals surface area contributed by atoms with Crippen molar-refractivity contribution in [3.8, 4) is 0 Å². The predicted molar refractivity (Wildman–Crippen MR) is 115 cm³/mol. The molecule has 0 aliphatic heterocycles.